The zero-order chi connectivity index (χ0) is 14.4. The van der Waals surface area contributed by atoms with E-state index in [2.05, 4.69) is 0 Å². The van der Waals surface area contributed by atoms with E-state index in [0.717, 1.165) is 5.56 Å². The van der Waals surface area contributed by atoms with Crippen molar-refractivity contribution in [3.8, 4) is 17.6 Å². The first kappa shape index (κ1) is 13.9. The van der Waals surface area contributed by atoms with Crippen LogP contribution >= 0.6 is 0 Å². The van der Waals surface area contributed by atoms with Gasteiger partial charge in [0.1, 0.15) is 6.61 Å². The molecule has 4 nitrogen and oxygen atoms in total. The highest BCUT2D eigenvalue weighted by atomic mass is 16.5. The first-order chi connectivity index (χ1) is 9.74. The number of nitrogens with zero attached hydrogens (tertiary/aromatic N) is 1. The summed E-state index contributed by atoms with van der Waals surface area (Å²) < 4.78 is 10.9. The molecule has 0 bridgehead atoms. The molecule has 1 atom stereocenters. The predicted octanol–water partition coefficient (Wildman–Crippen LogP) is 2.83. The molecule has 0 amide bonds. The van der Waals surface area contributed by atoms with Crippen molar-refractivity contribution in [1.29, 1.82) is 5.26 Å². The Labute approximate surface area is 117 Å². The number of hydrogen-bond acceptors (Lipinski definition) is 4. The molecule has 0 aromatic heterocycles. The zero-order valence-electron chi connectivity index (χ0n) is 11.1. The van der Waals surface area contributed by atoms with Crippen LogP contribution in [-0.4, -0.2) is 12.2 Å². The van der Waals surface area contributed by atoms with Gasteiger partial charge >= 0.3 is 0 Å². The van der Waals surface area contributed by atoms with E-state index in [9.17, 15) is 5.11 Å². The van der Waals surface area contributed by atoms with Crippen molar-refractivity contribution in [2.75, 3.05) is 7.11 Å². The van der Waals surface area contributed by atoms with Crippen LogP contribution in [0.5, 0.6) is 11.5 Å². The van der Waals surface area contributed by atoms with Gasteiger partial charge in [-0.3, -0.25) is 0 Å². The summed E-state index contributed by atoms with van der Waals surface area (Å²) in [6.45, 7) is 0.428. The van der Waals surface area contributed by atoms with E-state index >= 15 is 0 Å². The second-order valence-corrected chi connectivity index (χ2v) is 4.22. The molecule has 2 aromatic rings. The quantitative estimate of drug-likeness (QED) is 0.848. The van der Waals surface area contributed by atoms with E-state index in [-0.39, 0.29) is 0 Å². The van der Waals surface area contributed by atoms with E-state index in [1.54, 1.807) is 24.3 Å². The molecule has 102 valence electrons. The molecule has 20 heavy (non-hydrogen) atoms. The Hall–Kier alpha value is -2.51. The molecule has 4 heteroatoms. The molecule has 1 N–H and O–H groups in total. The van der Waals surface area contributed by atoms with E-state index in [0.29, 0.717) is 23.7 Å². The highest BCUT2D eigenvalue weighted by Crippen LogP contribution is 2.30. The Balaban J connectivity index is 2.14. The molecule has 0 saturated heterocycles. The van der Waals surface area contributed by atoms with Crippen molar-refractivity contribution >= 4 is 0 Å². The molecule has 2 rings (SSSR count). The highest BCUT2D eigenvalue weighted by Gasteiger charge is 2.11. The van der Waals surface area contributed by atoms with Crippen LogP contribution in [0.3, 0.4) is 0 Å². The minimum atomic E-state index is -1.16. The summed E-state index contributed by atoms with van der Waals surface area (Å²) in [5, 5.41) is 18.2. The highest BCUT2D eigenvalue weighted by molar-refractivity contribution is 5.44. The number of aliphatic hydroxyl groups excluding tert-OH is 1. The van der Waals surface area contributed by atoms with Gasteiger partial charge in [-0.25, -0.2) is 0 Å². The second-order valence-electron chi connectivity index (χ2n) is 4.22. The van der Waals surface area contributed by atoms with Gasteiger partial charge in [-0.1, -0.05) is 36.4 Å². The third-order valence-corrected chi connectivity index (χ3v) is 2.86. The minimum absolute atomic E-state index is 0.428. The zero-order valence-corrected chi connectivity index (χ0v) is 11.1. The second kappa shape index (κ2) is 6.60. The van der Waals surface area contributed by atoms with E-state index < -0.39 is 6.10 Å². The molecule has 0 aliphatic heterocycles. The summed E-state index contributed by atoms with van der Waals surface area (Å²) in [6, 6.07) is 16.5. The summed E-state index contributed by atoms with van der Waals surface area (Å²) in [5.74, 6) is 1.07. The van der Waals surface area contributed by atoms with Crippen LogP contribution in [0.2, 0.25) is 0 Å². The first-order valence-electron chi connectivity index (χ1n) is 6.17. The molecule has 0 aliphatic carbocycles. The van der Waals surface area contributed by atoms with Gasteiger partial charge in [0.05, 0.1) is 13.2 Å². The lowest BCUT2D eigenvalue weighted by molar-refractivity contribution is 0.234. The van der Waals surface area contributed by atoms with Gasteiger partial charge < -0.3 is 14.6 Å². The van der Waals surface area contributed by atoms with Gasteiger partial charge in [0.25, 0.3) is 0 Å². The van der Waals surface area contributed by atoms with Gasteiger partial charge in [0, 0.05) is 0 Å². The molecule has 0 aliphatic rings. The average molecular weight is 269 g/mol. The standard InChI is InChI=1S/C16H15NO3/c1-19-16-9-13(14(18)10-17)7-8-15(16)20-11-12-5-3-2-4-6-12/h2-9,14,18H,11H2,1H3. The van der Waals surface area contributed by atoms with Gasteiger partial charge in [0.2, 0.25) is 0 Å². The first-order valence-corrected chi connectivity index (χ1v) is 6.17. The summed E-state index contributed by atoms with van der Waals surface area (Å²) in [7, 11) is 1.52. The van der Waals surface area contributed by atoms with Crippen molar-refractivity contribution in [2.24, 2.45) is 0 Å². The summed E-state index contributed by atoms with van der Waals surface area (Å²) in [4.78, 5) is 0. The molecular weight excluding hydrogens is 254 g/mol. The van der Waals surface area contributed by atoms with Crippen LogP contribution in [0.1, 0.15) is 17.2 Å². The third-order valence-electron chi connectivity index (χ3n) is 2.86. The molecule has 0 saturated carbocycles. The van der Waals surface area contributed by atoms with E-state index in [1.165, 1.54) is 7.11 Å². The summed E-state index contributed by atoms with van der Waals surface area (Å²) in [6.07, 6.45) is -1.16. The number of ether oxygens (including phenoxy) is 2. The number of nitriles is 1. The van der Waals surface area contributed by atoms with Gasteiger partial charge in [-0.15, -0.1) is 0 Å². The summed E-state index contributed by atoms with van der Waals surface area (Å²) in [5.41, 5.74) is 1.53. The Kier molecular flexibility index (Phi) is 4.59. The van der Waals surface area contributed by atoms with Gasteiger partial charge in [0.15, 0.2) is 17.6 Å². The van der Waals surface area contributed by atoms with E-state index in [4.69, 9.17) is 14.7 Å². The minimum Gasteiger partial charge on any atom is -0.493 e. The molecule has 0 fully saturated rings. The van der Waals surface area contributed by atoms with Gasteiger partial charge in [-0.05, 0) is 23.3 Å². The maximum atomic E-state index is 9.49. The monoisotopic (exact) mass is 269 g/mol. The Morgan fingerprint density at radius 2 is 1.90 bits per heavy atom. The lowest BCUT2D eigenvalue weighted by atomic mass is 10.1. The van der Waals surface area contributed by atoms with Crippen molar-refractivity contribution in [2.45, 2.75) is 12.7 Å². The average Bonchev–Trinajstić information content (AvgIpc) is 2.53. The van der Waals surface area contributed by atoms with Crippen LogP contribution in [0.4, 0.5) is 0 Å². The van der Waals surface area contributed by atoms with E-state index in [1.807, 2.05) is 30.3 Å². The Bertz CT molecular complexity index is 605. The van der Waals surface area contributed by atoms with Crippen molar-refractivity contribution in [1.82, 2.24) is 0 Å². The normalized spacial score (nSPS) is 11.4. The maximum Gasteiger partial charge on any atom is 0.166 e. The largest absolute Gasteiger partial charge is 0.493 e. The number of methoxy groups -OCH3 is 1. The van der Waals surface area contributed by atoms with Crippen molar-refractivity contribution < 1.29 is 14.6 Å². The number of benzene rings is 2. The Morgan fingerprint density at radius 1 is 1.15 bits per heavy atom. The fraction of sp³-hybridized carbons (Fsp3) is 0.188. The molecular formula is C16H15NO3. The molecule has 0 radical (unpaired) electrons. The lowest BCUT2D eigenvalue weighted by Crippen LogP contribution is -2.00. The van der Waals surface area contributed by atoms with Crippen molar-refractivity contribution in [3.63, 3.8) is 0 Å². The Morgan fingerprint density at radius 3 is 2.55 bits per heavy atom. The number of rotatable bonds is 5. The topological polar surface area (TPSA) is 62.5 Å². The third kappa shape index (κ3) is 3.28. The molecule has 2 aromatic carbocycles. The van der Waals surface area contributed by atoms with Crippen LogP contribution in [-0.2, 0) is 6.61 Å². The van der Waals surface area contributed by atoms with Crippen molar-refractivity contribution in [3.05, 3.63) is 59.7 Å². The van der Waals surface area contributed by atoms with Crippen LogP contribution in [0.15, 0.2) is 48.5 Å². The molecule has 1 unspecified atom stereocenters. The lowest BCUT2D eigenvalue weighted by Gasteiger charge is -2.12. The van der Waals surface area contributed by atoms with Gasteiger partial charge in [-0.2, -0.15) is 5.26 Å². The SMILES string of the molecule is COc1cc(C(O)C#N)ccc1OCc1ccccc1. The fourth-order valence-corrected chi connectivity index (χ4v) is 1.78. The van der Waals surface area contributed by atoms with Crippen LogP contribution in [0, 0.1) is 11.3 Å². The predicted molar refractivity (Wildman–Crippen MR) is 74.3 cm³/mol. The number of hydrogen-bond donors (Lipinski definition) is 1. The smallest absolute Gasteiger partial charge is 0.166 e. The van der Waals surface area contributed by atoms with Crippen LogP contribution in [0.25, 0.3) is 0 Å². The molecule has 0 heterocycles. The van der Waals surface area contributed by atoms with Crippen LogP contribution < -0.4 is 9.47 Å². The fourth-order valence-electron chi connectivity index (χ4n) is 1.78. The summed E-state index contributed by atoms with van der Waals surface area (Å²) >= 11 is 0. The maximum absolute atomic E-state index is 9.49. The number of aliphatic hydroxyl groups is 1. The molecule has 0 spiro atoms.